The van der Waals surface area contributed by atoms with E-state index in [2.05, 4.69) is 13.8 Å². The predicted molar refractivity (Wildman–Crippen MR) is 121 cm³/mol. The third kappa shape index (κ3) is 5.65. The van der Waals surface area contributed by atoms with Crippen molar-refractivity contribution in [2.45, 2.75) is 45.9 Å². The third-order valence-corrected chi connectivity index (χ3v) is 5.57. The predicted octanol–water partition coefficient (Wildman–Crippen LogP) is 7.25. The van der Waals surface area contributed by atoms with E-state index in [0.29, 0.717) is 17.9 Å². The number of carbonyl (C=O) groups is 1. The van der Waals surface area contributed by atoms with Crippen molar-refractivity contribution in [3.63, 3.8) is 0 Å². The van der Waals surface area contributed by atoms with Crippen LogP contribution in [-0.2, 0) is 17.6 Å². The number of carbonyl (C=O) groups excluding carboxylic acids is 1. The zero-order valence-electron chi connectivity index (χ0n) is 18.4. The van der Waals surface area contributed by atoms with Gasteiger partial charge in [0, 0.05) is 5.92 Å². The van der Waals surface area contributed by atoms with Crippen molar-refractivity contribution >= 4 is 5.78 Å². The summed E-state index contributed by atoms with van der Waals surface area (Å²) in [7, 11) is 0. The smallest absolute Gasteiger partial charge is 0.392 e. The molecule has 0 aliphatic heterocycles. The molecule has 0 bridgehead atoms. The Labute approximate surface area is 186 Å². The number of hydrogen-bond acceptors (Lipinski definition) is 2. The van der Waals surface area contributed by atoms with Gasteiger partial charge in [-0.05, 0) is 70.8 Å². The largest absolute Gasteiger partial charge is 0.416 e. The van der Waals surface area contributed by atoms with Crippen molar-refractivity contribution in [3.05, 3.63) is 83.4 Å². The minimum absolute atomic E-state index is 0.0576. The molecule has 3 aromatic rings. The molecule has 0 aliphatic rings. The molecule has 0 spiro atoms. The van der Waals surface area contributed by atoms with Crippen LogP contribution in [0, 0.1) is 5.92 Å². The van der Waals surface area contributed by atoms with Crippen molar-refractivity contribution in [2.24, 2.45) is 5.92 Å². The van der Waals surface area contributed by atoms with E-state index in [-0.39, 0.29) is 18.3 Å². The Hall–Kier alpha value is -2.92. The maximum absolute atomic E-state index is 13.0. The van der Waals surface area contributed by atoms with Gasteiger partial charge < -0.3 is 5.11 Å². The lowest BCUT2D eigenvalue weighted by molar-refractivity contribution is -0.137. The number of hydrogen-bond donors (Lipinski definition) is 1. The Morgan fingerprint density at radius 1 is 0.844 bits per heavy atom. The first-order chi connectivity index (χ1) is 15.1. The average Bonchev–Trinajstić information content (AvgIpc) is 2.76. The highest BCUT2D eigenvalue weighted by molar-refractivity contribution is 5.85. The summed E-state index contributed by atoms with van der Waals surface area (Å²) in [5.41, 5.74) is 4.13. The quantitative estimate of drug-likeness (QED) is 0.420. The maximum atomic E-state index is 13.0. The van der Waals surface area contributed by atoms with Crippen LogP contribution in [0.5, 0.6) is 0 Å². The minimum Gasteiger partial charge on any atom is -0.392 e. The van der Waals surface area contributed by atoms with Gasteiger partial charge in [-0.1, -0.05) is 62.4 Å². The lowest BCUT2D eigenvalue weighted by atomic mass is 9.84. The Morgan fingerprint density at radius 3 is 1.75 bits per heavy atom. The van der Waals surface area contributed by atoms with Gasteiger partial charge in [-0.3, -0.25) is 4.79 Å². The molecule has 1 atom stereocenters. The number of alkyl halides is 3. The molecule has 3 aromatic carbocycles. The molecule has 2 nitrogen and oxygen atoms in total. The summed E-state index contributed by atoms with van der Waals surface area (Å²) in [6.07, 6.45) is -3.70. The molecule has 0 aliphatic carbocycles. The number of halogens is 3. The van der Waals surface area contributed by atoms with Gasteiger partial charge in [0.05, 0.1) is 12.2 Å². The first kappa shape index (κ1) is 23.7. The fourth-order valence-corrected chi connectivity index (χ4v) is 3.85. The van der Waals surface area contributed by atoms with E-state index in [1.165, 1.54) is 12.1 Å². The molecular weight excluding hydrogens is 413 g/mol. The van der Waals surface area contributed by atoms with E-state index >= 15 is 0 Å². The standard InChI is InChI=1S/C27H27F3O2/c1-17(2)12-26(18(3)32)24-14-22(20-6-4-19(16-31)5-7-20)13-23(15-24)21-8-10-25(11-9-21)27(28,29)30/h4-11,13-15,17,26,31H,12,16H2,1-3H3. The van der Waals surface area contributed by atoms with Crippen LogP contribution in [0.1, 0.15) is 49.8 Å². The molecule has 0 aromatic heterocycles. The number of ketones is 1. The molecule has 5 heteroatoms. The molecule has 1 N–H and O–H groups in total. The van der Waals surface area contributed by atoms with Crippen LogP contribution < -0.4 is 0 Å². The third-order valence-electron chi connectivity index (χ3n) is 5.57. The van der Waals surface area contributed by atoms with E-state index in [9.17, 15) is 23.1 Å². The van der Waals surface area contributed by atoms with Crippen molar-refractivity contribution < 1.29 is 23.1 Å². The first-order valence-corrected chi connectivity index (χ1v) is 10.6. The number of benzene rings is 3. The highest BCUT2D eigenvalue weighted by Gasteiger charge is 2.30. The van der Waals surface area contributed by atoms with Crippen LogP contribution in [0.25, 0.3) is 22.3 Å². The fraction of sp³-hybridized carbons (Fsp3) is 0.296. The summed E-state index contributed by atoms with van der Waals surface area (Å²) in [6.45, 7) is 5.64. The summed E-state index contributed by atoms with van der Waals surface area (Å²) in [5.74, 6) is 0.0793. The van der Waals surface area contributed by atoms with Crippen LogP contribution in [0.15, 0.2) is 66.7 Å². The van der Waals surface area contributed by atoms with Crippen LogP contribution >= 0.6 is 0 Å². The van der Waals surface area contributed by atoms with Gasteiger partial charge in [0.15, 0.2) is 0 Å². The van der Waals surface area contributed by atoms with E-state index in [4.69, 9.17) is 0 Å². The fourth-order valence-electron chi connectivity index (χ4n) is 3.85. The van der Waals surface area contributed by atoms with Crippen LogP contribution in [0.3, 0.4) is 0 Å². The molecule has 32 heavy (non-hydrogen) atoms. The van der Waals surface area contributed by atoms with Gasteiger partial charge in [-0.15, -0.1) is 0 Å². The van der Waals surface area contributed by atoms with Crippen LogP contribution in [0.4, 0.5) is 13.2 Å². The summed E-state index contributed by atoms with van der Waals surface area (Å²) in [6, 6.07) is 18.3. The molecular formula is C27H27F3O2. The minimum atomic E-state index is -4.39. The lowest BCUT2D eigenvalue weighted by Crippen LogP contribution is -2.12. The van der Waals surface area contributed by atoms with E-state index < -0.39 is 11.7 Å². The van der Waals surface area contributed by atoms with Gasteiger partial charge in [0.25, 0.3) is 0 Å². The van der Waals surface area contributed by atoms with Crippen molar-refractivity contribution in [3.8, 4) is 22.3 Å². The second kappa shape index (κ2) is 9.70. The highest BCUT2D eigenvalue weighted by Crippen LogP contribution is 2.36. The molecule has 0 fully saturated rings. The molecule has 1 unspecified atom stereocenters. The maximum Gasteiger partial charge on any atom is 0.416 e. The Kier molecular flexibility index (Phi) is 7.19. The summed E-state index contributed by atoms with van der Waals surface area (Å²) in [4.78, 5) is 12.5. The molecule has 0 amide bonds. The van der Waals surface area contributed by atoms with Gasteiger partial charge >= 0.3 is 6.18 Å². The van der Waals surface area contributed by atoms with Crippen LogP contribution in [0.2, 0.25) is 0 Å². The van der Waals surface area contributed by atoms with Crippen molar-refractivity contribution in [1.82, 2.24) is 0 Å². The molecule has 0 saturated heterocycles. The van der Waals surface area contributed by atoms with E-state index in [1.54, 1.807) is 6.92 Å². The molecule has 0 saturated carbocycles. The summed E-state index contributed by atoms with van der Waals surface area (Å²) < 4.78 is 39.0. The topological polar surface area (TPSA) is 37.3 Å². The zero-order valence-corrected chi connectivity index (χ0v) is 18.4. The van der Waals surface area contributed by atoms with Gasteiger partial charge in [-0.25, -0.2) is 0 Å². The number of aliphatic hydroxyl groups excluding tert-OH is 1. The lowest BCUT2D eigenvalue weighted by Gasteiger charge is -2.19. The monoisotopic (exact) mass is 440 g/mol. The average molecular weight is 441 g/mol. The molecule has 0 radical (unpaired) electrons. The Balaban J connectivity index is 2.14. The first-order valence-electron chi connectivity index (χ1n) is 10.6. The van der Waals surface area contributed by atoms with Gasteiger partial charge in [0.1, 0.15) is 5.78 Å². The van der Waals surface area contributed by atoms with E-state index in [0.717, 1.165) is 39.9 Å². The molecule has 3 rings (SSSR count). The number of rotatable bonds is 7. The van der Waals surface area contributed by atoms with Gasteiger partial charge in [0.2, 0.25) is 0 Å². The molecule has 168 valence electrons. The zero-order chi connectivity index (χ0) is 23.5. The number of Topliss-reactive ketones (excluding diaryl/α,β-unsaturated/α-hetero) is 1. The number of aliphatic hydroxyl groups is 1. The van der Waals surface area contributed by atoms with Gasteiger partial charge in [-0.2, -0.15) is 13.2 Å². The van der Waals surface area contributed by atoms with Crippen molar-refractivity contribution in [1.29, 1.82) is 0 Å². The Bertz CT molecular complexity index is 1070. The summed E-state index contributed by atoms with van der Waals surface area (Å²) >= 11 is 0. The van der Waals surface area contributed by atoms with E-state index in [1.807, 2.05) is 42.5 Å². The van der Waals surface area contributed by atoms with Crippen molar-refractivity contribution in [2.75, 3.05) is 0 Å². The Morgan fingerprint density at radius 2 is 1.34 bits per heavy atom. The second-order valence-electron chi connectivity index (χ2n) is 8.57. The highest BCUT2D eigenvalue weighted by atomic mass is 19.4. The summed E-state index contributed by atoms with van der Waals surface area (Å²) in [5, 5.41) is 9.32. The SMILES string of the molecule is CC(=O)C(CC(C)C)c1cc(-c2ccc(CO)cc2)cc(-c2ccc(C(F)(F)F)cc2)c1. The van der Waals surface area contributed by atoms with Crippen LogP contribution in [-0.4, -0.2) is 10.9 Å². The molecule has 0 heterocycles. The normalized spacial score (nSPS) is 12.8. The second-order valence-corrected chi connectivity index (χ2v) is 8.57.